The molecule has 0 radical (unpaired) electrons. The number of rotatable bonds is 20. The Morgan fingerprint density at radius 3 is 1.45 bits per heavy atom. The lowest BCUT2D eigenvalue weighted by molar-refractivity contribution is -0.380. The van der Waals surface area contributed by atoms with Crippen molar-refractivity contribution < 1.29 is 144 Å². The maximum atomic E-state index is 12.8. The molecule has 29 heteroatoms. The van der Waals surface area contributed by atoms with Gasteiger partial charge in [-0.05, 0) is 99.7 Å². The molecule has 0 aromatic rings. The fourth-order valence-electron chi connectivity index (χ4n) is 17.0. The quantitative estimate of drug-likeness (QED) is 0.0506. The van der Waals surface area contributed by atoms with Gasteiger partial charge in [-0.15, -0.1) is 0 Å². The molecule has 5 saturated heterocycles. The van der Waals surface area contributed by atoms with Crippen LogP contribution in [0, 0.1) is 45.3 Å². The van der Waals surface area contributed by atoms with E-state index in [1.165, 1.54) is 13.8 Å². The highest BCUT2D eigenvalue weighted by molar-refractivity contribution is 5.32. The molecular formula is C60H102O29. The zero-order valence-electron chi connectivity index (χ0n) is 51.8. The second-order valence-corrected chi connectivity index (χ2v) is 28.7. The van der Waals surface area contributed by atoms with Crippen LogP contribution in [0.2, 0.25) is 0 Å². The summed E-state index contributed by atoms with van der Waals surface area (Å²) < 4.78 is 59.3. The summed E-state index contributed by atoms with van der Waals surface area (Å²) in [6.07, 6.45) is -37.4. The molecule has 5 heterocycles. The number of fused-ring (bicyclic) bond motifs is 5. The van der Waals surface area contributed by atoms with Crippen molar-refractivity contribution in [3.8, 4) is 0 Å². The van der Waals surface area contributed by atoms with Crippen molar-refractivity contribution in [2.24, 2.45) is 45.3 Å². The summed E-state index contributed by atoms with van der Waals surface area (Å²) in [5.74, 6) is -0.0172. The van der Waals surface area contributed by atoms with Crippen LogP contribution in [0.3, 0.4) is 0 Å². The summed E-state index contributed by atoms with van der Waals surface area (Å²) in [6, 6.07) is 0. The highest BCUT2D eigenvalue weighted by Crippen LogP contribution is 2.75. The third-order valence-corrected chi connectivity index (χ3v) is 22.9. The molecule has 9 aliphatic rings. The lowest BCUT2D eigenvalue weighted by Crippen LogP contribution is -2.65. The highest BCUT2D eigenvalue weighted by atomic mass is 16.8. The van der Waals surface area contributed by atoms with E-state index in [0.717, 1.165) is 18.4 Å². The minimum Gasteiger partial charge on any atom is -0.394 e. The number of aliphatic hydroxyl groups is 19. The van der Waals surface area contributed by atoms with E-state index in [0.29, 0.717) is 32.1 Å². The van der Waals surface area contributed by atoms with Crippen LogP contribution in [0.25, 0.3) is 0 Å². The average Bonchev–Trinajstić information content (AvgIpc) is 1.66. The van der Waals surface area contributed by atoms with Gasteiger partial charge in [0, 0.05) is 10.8 Å². The number of allylic oxidation sites excluding steroid dienone is 1. The molecule has 0 amide bonds. The van der Waals surface area contributed by atoms with Crippen LogP contribution in [-0.2, 0) is 47.4 Å². The van der Waals surface area contributed by atoms with Gasteiger partial charge in [0.25, 0.3) is 0 Å². The molecule has 0 aromatic carbocycles. The zero-order valence-corrected chi connectivity index (χ0v) is 51.8. The van der Waals surface area contributed by atoms with E-state index in [-0.39, 0.29) is 35.5 Å². The maximum absolute atomic E-state index is 12.8. The summed E-state index contributed by atoms with van der Waals surface area (Å²) in [4.78, 5) is 0. The van der Waals surface area contributed by atoms with Crippen LogP contribution in [0.5, 0.6) is 0 Å². The van der Waals surface area contributed by atoms with Gasteiger partial charge in [0.2, 0.25) is 0 Å². The van der Waals surface area contributed by atoms with Gasteiger partial charge < -0.3 is 144 Å². The molecule has 35 atom stereocenters. The van der Waals surface area contributed by atoms with Crippen molar-refractivity contribution in [2.45, 2.75) is 284 Å². The molecule has 29 nitrogen and oxygen atoms in total. The van der Waals surface area contributed by atoms with Crippen LogP contribution >= 0.6 is 0 Å². The Bertz CT molecular complexity index is 2340. The predicted molar refractivity (Wildman–Crippen MR) is 300 cm³/mol. The number of ether oxygens (including phenoxy) is 10. The molecule has 0 aromatic heterocycles. The van der Waals surface area contributed by atoms with Crippen molar-refractivity contribution in [1.29, 1.82) is 0 Å². The predicted octanol–water partition coefficient (Wildman–Crippen LogP) is -5.41. The van der Waals surface area contributed by atoms with Gasteiger partial charge in [-0.1, -0.05) is 53.2 Å². The van der Waals surface area contributed by atoms with E-state index in [1.807, 2.05) is 13.8 Å². The van der Waals surface area contributed by atoms with E-state index < -0.39 is 227 Å². The van der Waals surface area contributed by atoms with Crippen LogP contribution in [0.15, 0.2) is 11.6 Å². The first-order valence-corrected chi connectivity index (χ1v) is 31.6. The van der Waals surface area contributed by atoms with Gasteiger partial charge in [-0.2, -0.15) is 0 Å². The van der Waals surface area contributed by atoms with Gasteiger partial charge in [0.15, 0.2) is 31.5 Å². The molecule has 3 unspecified atom stereocenters. The van der Waals surface area contributed by atoms with Crippen molar-refractivity contribution >= 4 is 0 Å². The van der Waals surface area contributed by atoms with Gasteiger partial charge in [0.05, 0.1) is 56.9 Å². The van der Waals surface area contributed by atoms with Crippen LogP contribution in [0.1, 0.15) is 107 Å². The first kappa shape index (κ1) is 71.9. The molecule has 516 valence electrons. The first-order chi connectivity index (χ1) is 41.6. The Labute approximate surface area is 517 Å². The van der Waals surface area contributed by atoms with Gasteiger partial charge in [0.1, 0.15) is 122 Å². The van der Waals surface area contributed by atoms with Gasteiger partial charge in [-0.3, -0.25) is 0 Å². The number of hydrogen-bond acceptors (Lipinski definition) is 29. The Hall–Kier alpha value is -1.42. The van der Waals surface area contributed by atoms with Crippen LogP contribution in [-0.4, -0.2) is 308 Å². The lowest BCUT2D eigenvalue weighted by atomic mass is 9.38. The van der Waals surface area contributed by atoms with Gasteiger partial charge >= 0.3 is 0 Å². The molecule has 5 aliphatic heterocycles. The van der Waals surface area contributed by atoms with E-state index >= 15 is 0 Å². The third-order valence-electron chi connectivity index (χ3n) is 22.9. The van der Waals surface area contributed by atoms with Crippen molar-refractivity contribution in [1.82, 2.24) is 0 Å². The van der Waals surface area contributed by atoms with Crippen molar-refractivity contribution in [3.05, 3.63) is 11.6 Å². The minimum atomic E-state index is -1.96. The fourth-order valence-corrected chi connectivity index (χ4v) is 17.0. The minimum absolute atomic E-state index is 0.0310. The van der Waals surface area contributed by atoms with E-state index in [9.17, 15) is 97.0 Å². The molecule has 9 rings (SSSR count). The maximum Gasteiger partial charge on any atom is 0.187 e. The summed E-state index contributed by atoms with van der Waals surface area (Å²) in [5.41, 5.74) is -2.49. The van der Waals surface area contributed by atoms with Crippen LogP contribution < -0.4 is 0 Å². The number of hydrogen-bond donors (Lipinski definition) is 19. The zero-order chi connectivity index (χ0) is 65.5. The molecule has 4 aliphatic carbocycles. The molecule has 19 N–H and O–H groups in total. The summed E-state index contributed by atoms with van der Waals surface area (Å²) in [7, 11) is 0. The number of aliphatic hydroxyl groups excluding tert-OH is 18. The first-order valence-electron chi connectivity index (χ1n) is 31.6. The van der Waals surface area contributed by atoms with Gasteiger partial charge in [-0.25, -0.2) is 0 Å². The molecule has 8 fully saturated rings. The van der Waals surface area contributed by atoms with E-state index in [4.69, 9.17) is 47.4 Å². The second-order valence-electron chi connectivity index (χ2n) is 28.7. The van der Waals surface area contributed by atoms with E-state index in [2.05, 4.69) is 33.8 Å². The van der Waals surface area contributed by atoms with Crippen molar-refractivity contribution in [3.63, 3.8) is 0 Å². The topological polar surface area (TPSA) is 477 Å². The smallest absolute Gasteiger partial charge is 0.187 e. The lowest BCUT2D eigenvalue weighted by Gasteiger charge is -2.67. The standard InChI is InChI=1S/C60H102O29/c1-23(9-13-35(57(4,5)79)88-55-50(89-54-49(78)43(72)38(67)29(20-63)84-54)45(74)40(69)31(86-55)22-81-52-47(76)42(71)37(66)28(19-62)83-52)24-15-16-58(6)32-12-10-25-26(60(32,8)33(64)17-59(24,58)7)11-14-34(56(25,2)3)87-53-48(77)44(73)39(68)30(85-53)21-80-51-46(75)41(70)36(65)27(18-61)82-51/h10,23-24,26-55,61-79H,9,11-22H2,1-8H3/t23-,24?,26?,27-,28-,29-,30-,31-,32?,33-,34+,35-,36-,37-,38-,39-,40-,41+,42+,43+,44+,45+,46-,47-,48-,49-,50-,51-,52+,53+,54+,55+,58+,59-,60+/m1/s1. The largest absolute Gasteiger partial charge is 0.394 e. The SMILES string of the molecule is C[C@H](CC[C@@H](O[C@@H]1O[C@H](CO[C@H]2O[C@H](CO)[C@@H](O)[C@H](O)[C@H]2O)[C@@H](O)[C@H](O)[C@H]1O[C@@H]1O[C@H](CO)[C@@H](O)[C@H](O)[C@H]1O)C(C)(C)O)C1CC[C@@]2(C)C3CC=C4C(CC[C@H](O[C@@H]5O[C@H](CO[C@@H]6O[C@H](CO)[C@@H](O)[C@H](O)[C@H]6O)[C@@H](O)[C@H](O)[C@H]5O)C4(C)C)[C@]3(C)[C@H](O)C[C@]12C. The fraction of sp³-hybridized carbons (Fsp3) is 0.967. The summed E-state index contributed by atoms with van der Waals surface area (Å²) in [6.45, 7) is 12.6. The highest BCUT2D eigenvalue weighted by Gasteiger charge is 2.70. The van der Waals surface area contributed by atoms with Crippen LogP contribution in [0.4, 0.5) is 0 Å². The summed E-state index contributed by atoms with van der Waals surface area (Å²) >= 11 is 0. The molecule has 0 spiro atoms. The third kappa shape index (κ3) is 13.1. The molecular weight excluding hydrogens is 1180 g/mol. The van der Waals surface area contributed by atoms with Crippen molar-refractivity contribution in [2.75, 3.05) is 33.0 Å². The Balaban J connectivity index is 0.883. The normalized spacial score (nSPS) is 51.8. The summed E-state index contributed by atoms with van der Waals surface area (Å²) in [5, 5.41) is 205. The Kier molecular flexibility index (Phi) is 22.3. The van der Waals surface area contributed by atoms with E-state index in [1.54, 1.807) is 0 Å². The Morgan fingerprint density at radius 1 is 0.517 bits per heavy atom. The molecule has 3 saturated carbocycles. The molecule has 89 heavy (non-hydrogen) atoms. The monoisotopic (exact) mass is 1290 g/mol. The second kappa shape index (κ2) is 27.6. The average molecular weight is 1290 g/mol. The molecule has 0 bridgehead atoms. The Morgan fingerprint density at radius 2 is 0.955 bits per heavy atom.